The van der Waals surface area contributed by atoms with E-state index >= 15 is 0 Å². The number of carbonyl (C=O) groups is 2. The van der Waals surface area contributed by atoms with Crippen molar-refractivity contribution in [3.8, 4) is 0 Å². The average Bonchev–Trinajstić information content (AvgIpc) is 2.52. The number of ether oxygens (including phenoxy) is 1. The van der Waals surface area contributed by atoms with Gasteiger partial charge in [-0.2, -0.15) is 0 Å². The zero-order valence-corrected chi connectivity index (χ0v) is 12.5. The molecule has 0 fully saturated rings. The largest absolute Gasteiger partial charge is 0.451 e. The second kappa shape index (κ2) is 7.31. The zero-order chi connectivity index (χ0) is 15.9. The number of benzene rings is 1. The summed E-state index contributed by atoms with van der Waals surface area (Å²) in [6.45, 7) is 3.80. The van der Waals surface area contributed by atoms with Crippen LogP contribution < -0.4 is 5.32 Å². The van der Waals surface area contributed by atoms with Crippen molar-refractivity contribution in [2.75, 3.05) is 6.61 Å². The maximum atomic E-state index is 11.7. The van der Waals surface area contributed by atoms with Crippen molar-refractivity contribution in [3.63, 3.8) is 0 Å². The highest BCUT2D eigenvalue weighted by molar-refractivity contribution is 5.89. The van der Waals surface area contributed by atoms with Gasteiger partial charge in [-0.15, -0.1) is 0 Å². The fourth-order valence-electron chi connectivity index (χ4n) is 1.66. The molecule has 0 saturated heterocycles. The van der Waals surface area contributed by atoms with Crippen molar-refractivity contribution in [1.29, 1.82) is 0 Å². The molecule has 6 nitrogen and oxygen atoms in total. The minimum absolute atomic E-state index is 0.0805. The normalized spacial score (nSPS) is 10.1. The molecule has 114 valence electrons. The van der Waals surface area contributed by atoms with Crippen LogP contribution in [0.3, 0.4) is 0 Å². The number of rotatable bonds is 5. The lowest BCUT2D eigenvalue weighted by Crippen LogP contribution is -2.28. The first-order chi connectivity index (χ1) is 10.5. The summed E-state index contributed by atoms with van der Waals surface area (Å²) >= 11 is 0. The van der Waals surface area contributed by atoms with Crippen molar-refractivity contribution in [1.82, 2.24) is 15.3 Å². The second-order valence-corrected chi connectivity index (χ2v) is 4.88. The number of carbonyl (C=O) groups excluding carboxylic acids is 2. The molecule has 0 atom stereocenters. The fourth-order valence-corrected chi connectivity index (χ4v) is 1.66. The Morgan fingerprint density at radius 1 is 1.09 bits per heavy atom. The van der Waals surface area contributed by atoms with Crippen LogP contribution in [0, 0.1) is 13.8 Å². The Morgan fingerprint density at radius 2 is 1.82 bits per heavy atom. The quantitative estimate of drug-likeness (QED) is 0.847. The molecule has 0 aliphatic rings. The van der Waals surface area contributed by atoms with Crippen LogP contribution in [-0.4, -0.2) is 28.5 Å². The molecule has 2 aromatic rings. The van der Waals surface area contributed by atoms with Gasteiger partial charge in [-0.3, -0.25) is 9.78 Å². The molecule has 0 radical (unpaired) electrons. The van der Waals surface area contributed by atoms with Crippen LogP contribution in [0.15, 0.2) is 36.7 Å². The van der Waals surface area contributed by atoms with Crippen LogP contribution in [0.2, 0.25) is 0 Å². The van der Waals surface area contributed by atoms with Gasteiger partial charge >= 0.3 is 5.97 Å². The van der Waals surface area contributed by atoms with E-state index in [1.165, 1.54) is 12.4 Å². The van der Waals surface area contributed by atoms with E-state index in [0.29, 0.717) is 12.2 Å². The number of aryl methyl sites for hydroxylation is 2. The van der Waals surface area contributed by atoms with Crippen LogP contribution in [0.4, 0.5) is 0 Å². The number of amides is 1. The summed E-state index contributed by atoms with van der Waals surface area (Å²) in [6, 6.07) is 7.81. The lowest BCUT2D eigenvalue weighted by atomic mass is 10.1. The standard InChI is InChI=1S/C16H17N3O3/c1-11-3-5-13(6-4-11)8-19-15(20)10-22-16(21)14-9-17-12(2)7-18-14/h3-7,9H,8,10H2,1-2H3,(H,19,20). The number of aromatic nitrogens is 2. The Morgan fingerprint density at radius 3 is 2.45 bits per heavy atom. The number of nitrogens with zero attached hydrogens (tertiary/aromatic N) is 2. The number of esters is 1. The molecule has 22 heavy (non-hydrogen) atoms. The third kappa shape index (κ3) is 4.66. The topological polar surface area (TPSA) is 81.2 Å². The Kier molecular flexibility index (Phi) is 5.19. The Balaban J connectivity index is 1.76. The van der Waals surface area contributed by atoms with Crippen LogP contribution in [0.1, 0.15) is 27.3 Å². The Hall–Kier alpha value is -2.76. The summed E-state index contributed by atoms with van der Waals surface area (Å²) in [4.78, 5) is 31.2. The summed E-state index contributed by atoms with van der Waals surface area (Å²) in [5, 5.41) is 2.68. The van der Waals surface area contributed by atoms with E-state index in [4.69, 9.17) is 4.74 Å². The molecule has 0 unspecified atom stereocenters. The van der Waals surface area contributed by atoms with Gasteiger partial charge in [-0.1, -0.05) is 29.8 Å². The second-order valence-electron chi connectivity index (χ2n) is 4.88. The van der Waals surface area contributed by atoms with Crippen molar-refractivity contribution in [2.45, 2.75) is 20.4 Å². The van der Waals surface area contributed by atoms with E-state index in [-0.39, 0.29) is 18.2 Å². The van der Waals surface area contributed by atoms with Gasteiger partial charge in [0.2, 0.25) is 0 Å². The highest BCUT2D eigenvalue weighted by Gasteiger charge is 2.11. The summed E-state index contributed by atoms with van der Waals surface area (Å²) in [6.07, 6.45) is 2.79. The number of hydrogen-bond donors (Lipinski definition) is 1. The van der Waals surface area contributed by atoms with Gasteiger partial charge in [0, 0.05) is 12.7 Å². The van der Waals surface area contributed by atoms with Crippen molar-refractivity contribution >= 4 is 11.9 Å². The van der Waals surface area contributed by atoms with Crippen molar-refractivity contribution in [2.24, 2.45) is 0 Å². The molecule has 1 aromatic heterocycles. The first-order valence-electron chi connectivity index (χ1n) is 6.82. The smallest absolute Gasteiger partial charge is 0.359 e. The van der Waals surface area contributed by atoms with Crippen LogP contribution in [-0.2, 0) is 16.1 Å². The van der Waals surface area contributed by atoms with E-state index in [1.807, 2.05) is 31.2 Å². The molecule has 0 aliphatic carbocycles. The highest BCUT2D eigenvalue weighted by atomic mass is 16.5. The van der Waals surface area contributed by atoms with Gasteiger partial charge in [0.05, 0.1) is 11.9 Å². The molecule has 0 bridgehead atoms. The molecule has 0 spiro atoms. The molecule has 1 amide bonds. The maximum Gasteiger partial charge on any atom is 0.359 e. The van der Waals surface area contributed by atoms with Crippen LogP contribution in [0.5, 0.6) is 0 Å². The average molecular weight is 299 g/mol. The van der Waals surface area contributed by atoms with Crippen molar-refractivity contribution < 1.29 is 14.3 Å². The molecule has 1 aromatic carbocycles. The minimum atomic E-state index is -0.669. The maximum absolute atomic E-state index is 11.7. The molecule has 1 heterocycles. The molecular weight excluding hydrogens is 282 g/mol. The predicted octanol–water partition coefficient (Wildman–Crippen LogP) is 1.57. The Labute approximate surface area is 128 Å². The fraction of sp³-hybridized carbons (Fsp3) is 0.250. The molecule has 0 saturated carbocycles. The van der Waals surface area contributed by atoms with E-state index in [1.54, 1.807) is 6.92 Å². The van der Waals surface area contributed by atoms with E-state index in [2.05, 4.69) is 15.3 Å². The third-order valence-electron chi connectivity index (χ3n) is 2.93. The molecule has 0 aliphatic heterocycles. The number of hydrogen-bond acceptors (Lipinski definition) is 5. The lowest BCUT2D eigenvalue weighted by molar-refractivity contribution is -0.124. The summed E-state index contributed by atoms with van der Waals surface area (Å²) in [7, 11) is 0. The SMILES string of the molecule is Cc1ccc(CNC(=O)COC(=O)c2cnc(C)cn2)cc1. The zero-order valence-electron chi connectivity index (χ0n) is 12.5. The first-order valence-corrected chi connectivity index (χ1v) is 6.82. The first kappa shape index (κ1) is 15.6. The van der Waals surface area contributed by atoms with Crippen LogP contribution in [0.25, 0.3) is 0 Å². The Bertz CT molecular complexity index is 651. The van der Waals surface area contributed by atoms with Gasteiger partial charge in [0.15, 0.2) is 12.3 Å². The third-order valence-corrected chi connectivity index (χ3v) is 2.93. The molecule has 1 N–H and O–H groups in total. The summed E-state index contributed by atoms with van der Waals surface area (Å²) in [5.74, 6) is -1.04. The summed E-state index contributed by atoms with van der Waals surface area (Å²) < 4.78 is 4.88. The highest BCUT2D eigenvalue weighted by Crippen LogP contribution is 2.02. The minimum Gasteiger partial charge on any atom is -0.451 e. The van der Waals surface area contributed by atoms with E-state index in [0.717, 1.165) is 11.1 Å². The molecule has 2 rings (SSSR count). The van der Waals surface area contributed by atoms with E-state index in [9.17, 15) is 9.59 Å². The summed E-state index contributed by atoms with van der Waals surface area (Å²) in [5.41, 5.74) is 2.92. The predicted molar refractivity (Wildman–Crippen MR) is 80.1 cm³/mol. The van der Waals surface area contributed by atoms with Gasteiger partial charge < -0.3 is 10.1 Å². The van der Waals surface area contributed by atoms with Gasteiger partial charge in [-0.25, -0.2) is 9.78 Å². The van der Waals surface area contributed by atoms with Gasteiger partial charge in [0.25, 0.3) is 5.91 Å². The molecular formula is C16H17N3O3. The van der Waals surface area contributed by atoms with Crippen molar-refractivity contribution in [3.05, 3.63) is 59.2 Å². The van der Waals surface area contributed by atoms with Gasteiger partial charge in [-0.05, 0) is 19.4 Å². The molecule has 6 heteroatoms. The number of nitrogens with one attached hydrogen (secondary N) is 1. The van der Waals surface area contributed by atoms with E-state index < -0.39 is 5.97 Å². The van der Waals surface area contributed by atoms with Crippen LogP contribution >= 0.6 is 0 Å². The monoisotopic (exact) mass is 299 g/mol. The lowest BCUT2D eigenvalue weighted by Gasteiger charge is -2.06. The van der Waals surface area contributed by atoms with Gasteiger partial charge in [0.1, 0.15) is 0 Å².